The van der Waals surface area contributed by atoms with Gasteiger partial charge in [0, 0.05) is 19.2 Å². The Morgan fingerprint density at radius 2 is 2.13 bits per heavy atom. The minimum Gasteiger partial charge on any atom is -0.335 e. The standard InChI is InChI=1S/C12H12FNO/c13-11-5-2-1-4-10(11)7-9-14-8-3-6-12(14)15/h1-6H,7-9H2. The zero-order valence-electron chi connectivity index (χ0n) is 8.32. The van der Waals surface area contributed by atoms with Crippen LogP contribution < -0.4 is 0 Å². The summed E-state index contributed by atoms with van der Waals surface area (Å²) in [7, 11) is 0. The van der Waals surface area contributed by atoms with Gasteiger partial charge in [0.2, 0.25) is 5.91 Å². The van der Waals surface area contributed by atoms with Crippen molar-refractivity contribution in [3.8, 4) is 0 Å². The van der Waals surface area contributed by atoms with Crippen molar-refractivity contribution >= 4 is 5.91 Å². The van der Waals surface area contributed by atoms with E-state index in [0.717, 1.165) is 0 Å². The Morgan fingerprint density at radius 1 is 1.33 bits per heavy atom. The summed E-state index contributed by atoms with van der Waals surface area (Å²) in [6.07, 6.45) is 3.95. The minimum atomic E-state index is -0.197. The van der Waals surface area contributed by atoms with Crippen LogP contribution in [0.15, 0.2) is 36.4 Å². The van der Waals surface area contributed by atoms with E-state index in [2.05, 4.69) is 0 Å². The number of carbonyl (C=O) groups is 1. The van der Waals surface area contributed by atoms with Crippen LogP contribution in [-0.2, 0) is 11.2 Å². The number of benzene rings is 1. The topological polar surface area (TPSA) is 20.3 Å². The molecule has 1 aliphatic heterocycles. The van der Waals surface area contributed by atoms with Crippen LogP contribution in [0, 0.1) is 5.82 Å². The van der Waals surface area contributed by atoms with Crippen molar-refractivity contribution in [2.24, 2.45) is 0 Å². The van der Waals surface area contributed by atoms with Crippen LogP contribution in [0.25, 0.3) is 0 Å². The predicted molar refractivity (Wildman–Crippen MR) is 55.8 cm³/mol. The molecule has 15 heavy (non-hydrogen) atoms. The van der Waals surface area contributed by atoms with E-state index in [9.17, 15) is 9.18 Å². The van der Waals surface area contributed by atoms with Crippen molar-refractivity contribution in [3.63, 3.8) is 0 Å². The minimum absolute atomic E-state index is 0.0198. The van der Waals surface area contributed by atoms with Gasteiger partial charge in [-0.25, -0.2) is 4.39 Å². The van der Waals surface area contributed by atoms with Crippen LogP contribution in [0.4, 0.5) is 4.39 Å². The molecule has 0 saturated carbocycles. The Labute approximate surface area is 88.0 Å². The number of carbonyl (C=O) groups excluding carboxylic acids is 1. The number of rotatable bonds is 3. The van der Waals surface area contributed by atoms with E-state index in [1.54, 1.807) is 23.1 Å². The second kappa shape index (κ2) is 4.26. The molecule has 1 aromatic rings. The Bertz CT molecular complexity index is 400. The molecule has 1 heterocycles. The molecule has 2 rings (SSSR count). The molecule has 1 aromatic carbocycles. The number of hydrogen-bond donors (Lipinski definition) is 0. The number of halogens is 1. The fourth-order valence-electron chi connectivity index (χ4n) is 1.63. The molecular formula is C12H12FNO. The van der Waals surface area contributed by atoms with E-state index >= 15 is 0 Å². The Balaban J connectivity index is 1.94. The van der Waals surface area contributed by atoms with Gasteiger partial charge in [0.25, 0.3) is 0 Å². The molecule has 2 nitrogen and oxygen atoms in total. The quantitative estimate of drug-likeness (QED) is 0.736. The smallest absolute Gasteiger partial charge is 0.246 e. The van der Waals surface area contributed by atoms with E-state index in [-0.39, 0.29) is 11.7 Å². The summed E-state index contributed by atoms with van der Waals surface area (Å²) in [4.78, 5) is 12.9. The molecule has 1 amide bonds. The highest BCUT2D eigenvalue weighted by Crippen LogP contribution is 2.09. The fraction of sp³-hybridized carbons (Fsp3) is 0.250. The van der Waals surface area contributed by atoms with E-state index in [1.165, 1.54) is 6.07 Å². The summed E-state index contributed by atoms with van der Waals surface area (Å²) in [6, 6.07) is 6.67. The Kier molecular flexibility index (Phi) is 2.81. The molecular weight excluding hydrogens is 193 g/mol. The van der Waals surface area contributed by atoms with Crippen molar-refractivity contribution in [2.45, 2.75) is 6.42 Å². The highest BCUT2D eigenvalue weighted by molar-refractivity contribution is 5.89. The van der Waals surface area contributed by atoms with Gasteiger partial charge in [0.05, 0.1) is 0 Å². The first-order valence-electron chi connectivity index (χ1n) is 4.96. The zero-order valence-corrected chi connectivity index (χ0v) is 8.32. The molecule has 0 saturated heterocycles. The third-order valence-electron chi connectivity index (χ3n) is 2.51. The SMILES string of the molecule is O=C1C=CCN1CCc1ccccc1F. The summed E-state index contributed by atoms with van der Waals surface area (Å²) in [5, 5.41) is 0. The number of hydrogen-bond acceptors (Lipinski definition) is 1. The van der Waals surface area contributed by atoms with Crippen molar-refractivity contribution in [2.75, 3.05) is 13.1 Å². The van der Waals surface area contributed by atoms with Gasteiger partial charge in [-0.15, -0.1) is 0 Å². The first-order chi connectivity index (χ1) is 7.27. The summed E-state index contributed by atoms with van der Waals surface area (Å²) < 4.78 is 13.2. The second-order valence-electron chi connectivity index (χ2n) is 3.53. The zero-order chi connectivity index (χ0) is 10.7. The average molecular weight is 205 g/mol. The molecule has 0 bridgehead atoms. The van der Waals surface area contributed by atoms with Gasteiger partial charge in [-0.05, 0) is 18.1 Å². The lowest BCUT2D eigenvalue weighted by Gasteiger charge is -2.15. The third-order valence-corrected chi connectivity index (χ3v) is 2.51. The van der Waals surface area contributed by atoms with Crippen LogP contribution in [0.2, 0.25) is 0 Å². The lowest BCUT2D eigenvalue weighted by molar-refractivity contribution is -0.124. The van der Waals surface area contributed by atoms with Gasteiger partial charge >= 0.3 is 0 Å². The van der Waals surface area contributed by atoms with Crippen LogP contribution in [-0.4, -0.2) is 23.9 Å². The van der Waals surface area contributed by atoms with Gasteiger partial charge in [-0.3, -0.25) is 4.79 Å². The lowest BCUT2D eigenvalue weighted by Crippen LogP contribution is -2.27. The van der Waals surface area contributed by atoms with Crippen molar-refractivity contribution in [1.82, 2.24) is 4.90 Å². The van der Waals surface area contributed by atoms with Gasteiger partial charge in [0.1, 0.15) is 5.82 Å². The maximum Gasteiger partial charge on any atom is 0.246 e. The van der Waals surface area contributed by atoms with Gasteiger partial charge in [0.15, 0.2) is 0 Å². The molecule has 1 aliphatic rings. The highest BCUT2D eigenvalue weighted by Gasteiger charge is 2.14. The van der Waals surface area contributed by atoms with E-state index in [4.69, 9.17) is 0 Å². The van der Waals surface area contributed by atoms with Crippen molar-refractivity contribution in [3.05, 3.63) is 47.8 Å². The van der Waals surface area contributed by atoms with E-state index in [0.29, 0.717) is 25.1 Å². The average Bonchev–Trinajstić information content (AvgIpc) is 2.63. The van der Waals surface area contributed by atoms with Gasteiger partial charge in [-0.2, -0.15) is 0 Å². The normalized spacial score (nSPS) is 15.0. The van der Waals surface area contributed by atoms with E-state index in [1.807, 2.05) is 12.1 Å². The molecule has 0 unspecified atom stereocenters. The number of amides is 1. The first-order valence-corrected chi connectivity index (χ1v) is 4.96. The largest absolute Gasteiger partial charge is 0.335 e. The van der Waals surface area contributed by atoms with Crippen molar-refractivity contribution in [1.29, 1.82) is 0 Å². The maximum atomic E-state index is 13.2. The Morgan fingerprint density at radius 3 is 2.80 bits per heavy atom. The van der Waals surface area contributed by atoms with Crippen LogP contribution in [0.3, 0.4) is 0 Å². The number of nitrogens with zero attached hydrogens (tertiary/aromatic N) is 1. The summed E-state index contributed by atoms with van der Waals surface area (Å²) in [6.45, 7) is 1.22. The predicted octanol–water partition coefficient (Wildman–Crippen LogP) is 1.77. The third kappa shape index (κ3) is 2.24. The van der Waals surface area contributed by atoms with Gasteiger partial charge in [-0.1, -0.05) is 24.3 Å². The van der Waals surface area contributed by atoms with E-state index < -0.39 is 0 Å². The van der Waals surface area contributed by atoms with Gasteiger partial charge < -0.3 is 4.90 Å². The molecule has 0 radical (unpaired) electrons. The molecule has 0 fully saturated rings. The highest BCUT2D eigenvalue weighted by atomic mass is 19.1. The van der Waals surface area contributed by atoms with Crippen LogP contribution in [0.1, 0.15) is 5.56 Å². The van der Waals surface area contributed by atoms with Crippen LogP contribution >= 0.6 is 0 Å². The second-order valence-corrected chi connectivity index (χ2v) is 3.53. The fourth-order valence-corrected chi connectivity index (χ4v) is 1.63. The molecule has 78 valence electrons. The first kappa shape index (κ1) is 9.90. The molecule has 0 N–H and O–H groups in total. The molecule has 3 heteroatoms. The maximum absolute atomic E-state index is 13.2. The molecule has 0 aliphatic carbocycles. The lowest BCUT2D eigenvalue weighted by atomic mass is 10.1. The molecule has 0 atom stereocenters. The Hall–Kier alpha value is -1.64. The summed E-state index contributed by atoms with van der Waals surface area (Å²) in [5.74, 6) is -0.177. The summed E-state index contributed by atoms with van der Waals surface area (Å²) >= 11 is 0. The van der Waals surface area contributed by atoms with Crippen molar-refractivity contribution < 1.29 is 9.18 Å². The monoisotopic (exact) mass is 205 g/mol. The molecule has 0 aromatic heterocycles. The summed E-state index contributed by atoms with van der Waals surface area (Å²) in [5.41, 5.74) is 0.664. The molecule has 0 spiro atoms. The van der Waals surface area contributed by atoms with Crippen LogP contribution in [0.5, 0.6) is 0 Å².